The number of anilines is 1. The molecule has 0 fully saturated rings. The van der Waals surface area contributed by atoms with E-state index in [1.165, 1.54) is 16.9 Å². The monoisotopic (exact) mass is 445 g/mol. The average molecular weight is 446 g/mol. The third-order valence-electron chi connectivity index (χ3n) is 5.58. The van der Waals surface area contributed by atoms with Gasteiger partial charge in [-0.1, -0.05) is 18.2 Å². The molecule has 1 aliphatic rings. The van der Waals surface area contributed by atoms with Gasteiger partial charge in [-0.05, 0) is 67.6 Å². The van der Waals surface area contributed by atoms with Gasteiger partial charge in [-0.25, -0.2) is 4.98 Å². The van der Waals surface area contributed by atoms with E-state index in [2.05, 4.69) is 15.3 Å². The second-order valence-corrected chi connectivity index (χ2v) is 8.97. The lowest BCUT2D eigenvalue weighted by Gasteiger charge is -2.09. The van der Waals surface area contributed by atoms with Crippen LogP contribution in [0.1, 0.15) is 35.5 Å². The van der Waals surface area contributed by atoms with Gasteiger partial charge in [0.05, 0.1) is 5.39 Å². The number of aryl methyl sites for hydroxylation is 3. The van der Waals surface area contributed by atoms with Gasteiger partial charge in [-0.15, -0.1) is 11.3 Å². The smallest absolute Gasteiger partial charge is 0.259 e. The molecule has 0 spiro atoms. The second kappa shape index (κ2) is 8.96. The van der Waals surface area contributed by atoms with Crippen molar-refractivity contribution in [2.24, 2.45) is 0 Å². The summed E-state index contributed by atoms with van der Waals surface area (Å²) in [4.78, 5) is 34.6. The van der Waals surface area contributed by atoms with Crippen molar-refractivity contribution < 1.29 is 9.53 Å². The minimum absolute atomic E-state index is 0.0844. The van der Waals surface area contributed by atoms with Crippen molar-refractivity contribution in [3.8, 4) is 11.5 Å². The number of fused-ring (bicyclic) bond motifs is 3. The van der Waals surface area contributed by atoms with Crippen molar-refractivity contribution in [1.82, 2.24) is 9.97 Å². The van der Waals surface area contributed by atoms with Crippen LogP contribution in [0.25, 0.3) is 10.2 Å². The number of para-hydroxylation sites is 1. The summed E-state index contributed by atoms with van der Waals surface area (Å²) in [5.74, 6) is 1.88. The molecule has 0 aliphatic heterocycles. The minimum Gasteiger partial charge on any atom is -0.457 e. The first-order chi connectivity index (χ1) is 15.7. The molecule has 2 heterocycles. The predicted molar refractivity (Wildman–Crippen MR) is 127 cm³/mol. The zero-order valence-corrected chi connectivity index (χ0v) is 18.3. The summed E-state index contributed by atoms with van der Waals surface area (Å²) < 4.78 is 5.77. The Morgan fingerprint density at radius 2 is 1.78 bits per heavy atom. The number of carbonyl (C=O) groups is 1. The molecule has 0 saturated heterocycles. The second-order valence-electron chi connectivity index (χ2n) is 7.89. The molecule has 1 aliphatic carbocycles. The van der Waals surface area contributed by atoms with Crippen LogP contribution in [0.3, 0.4) is 0 Å². The van der Waals surface area contributed by atoms with E-state index >= 15 is 0 Å². The van der Waals surface area contributed by atoms with Gasteiger partial charge < -0.3 is 15.0 Å². The van der Waals surface area contributed by atoms with Crippen molar-refractivity contribution in [2.45, 2.75) is 38.5 Å². The van der Waals surface area contributed by atoms with E-state index in [0.717, 1.165) is 35.2 Å². The van der Waals surface area contributed by atoms with Crippen LogP contribution in [0.5, 0.6) is 11.5 Å². The first-order valence-electron chi connectivity index (χ1n) is 10.8. The lowest BCUT2D eigenvalue weighted by Crippen LogP contribution is -2.16. The van der Waals surface area contributed by atoms with Crippen LogP contribution in [0.15, 0.2) is 59.4 Å². The van der Waals surface area contributed by atoms with Crippen molar-refractivity contribution in [3.05, 3.63) is 81.2 Å². The van der Waals surface area contributed by atoms with E-state index in [1.807, 2.05) is 42.5 Å². The molecule has 2 aromatic heterocycles. The Labute approximate surface area is 189 Å². The SMILES string of the molecule is O=C(CCc1nc2sc3c(c2c(=O)[nH]1)CCCC3)Nc1ccc(Oc2ccccc2)cc1. The van der Waals surface area contributed by atoms with Crippen LogP contribution >= 0.6 is 11.3 Å². The van der Waals surface area contributed by atoms with Gasteiger partial charge >= 0.3 is 0 Å². The Balaban J connectivity index is 1.20. The molecule has 2 N–H and O–H groups in total. The standard InChI is InChI=1S/C25H23N3O3S/c29-22(26-16-10-12-18(13-11-16)31-17-6-2-1-3-7-17)15-14-21-27-24(30)23-19-8-4-5-9-20(19)32-25(23)28-21/h1-3,6-7,10-13H,4-5,8-9,14-15H2,(H,26,29)(H,27,28,30). The van der Waals surface area contributed by atoms with Crippen LogP contribution in [0, 0.1) is 0 Å². The molecule has 2 aromatic carbocycles. The number of H-pyrrole nitrogens is 1. The van der Waals surface area contributed by atoms with Crippen LogP contribution in [0.2, 0.25) is 0 Å². The van der Waals surface area contributed by atoms with Crippen LogP contribution < -0.4 is 15.6 Å². The summed E-state index contributed by atoms with van der Waals surface area (Å²) >= 11 is 1.62. The summed E-state index contributed by atoms with van der Waals surface area (Å²) in [6, 6.07) is 16.8. The predicted octanol–water partition coefficient (Wildman–Crippen LogP) is 5.23. The maximum Gasteiger partial charge on any atom is 0.259 e. The number of aromatic nitrogens is 2. The van der Waals surface area contributed by atoms with Crippen LogP contribution in [-0.4, -0.2) is 15.9 Å². The number of hydrogen-bond acceptors (Lipinski definition) is 5. The molecule has 7 heteroatoms. The molecular formula is C25H23N3O3S. The largest absolute Gasteiger partial charge is 0.457 e. The Hall–Kier alpha value is -3.45. The highest BCUT2D eigenvalue weighted by molar-refractivity contribution is 7.18. The summed E-state index contributed by atoms with van der Waals surface area (Å²) in [5.41, 5.74) is 1.78. The Morgan fingerprint density at radius 3 is 2.59 bits per heavy atom. The third-order valence-corrected chi connectivity index (χ3v) is 6.77. The summed E-state index contributed by atoms with van der Waals surface area (Å²) in [7, 11) is 0. The van der Waals surface area contributed by atoms with E-state index in [1.54, 1.807) is 23.5 Å². The van der Waals surface area contributed by atoms with E-state index in [-0.39, 0.29) is 17.9 Å². The fourth-order valence-corrected chi connectivity index (χ4v) is 5.29. The number of carbonyl (C=O) groups excluding carboxylic acids is 1. The fraction of sp³-hybridized carbons (Fsp3) is 0.240. The van der Waals surface area contributed by atoms with Gasteiger partial charge in [0.2, 0.25) is 5.91 Å². The van der Waals surface area contributed by atoms with E-state index in [9.17, 15) is 9.59 Å². The average Bonchev–Trinajstić information content (AvgIpc) is 3.19. The minimum atomic E-state index is -0.130. The Kier molecular flexibility index (Phi) is 5.73. The van der Waals surface area contributed by atoms with Crippen molar-refractivity contribution in [3.63, 3.8) is 0 Å². The Morgan fingerprint density at radius 1 is 1.03 bits per heavy atom. The lowest BCUT2D eigenvalue weighted by atomic mass is 9.97. The number of nitrogens with one attached hydrogen (secondary N) is 2. The van der Waals surface area contributed by atoms with Crippen LogP contribution in [-0.2, 0) is 24.1 Å². The normalized spacial score (nSPS) is 13.0. The molecule has 162 valence electrons. The number of nitrogens with zero attached hydrogens (tertiary/aromatic N) is 1. The topological polar surface area (TPSA) is 84.1 Å². The zero-order chi connectivity index (χ0) is 21.9. The lowest BCUT2D eigenvalue weighted by molar-refractivity contribution is -0.116. The number of aromatic amines is 1. The summed E-state index contributed by atoms with van der Waals surface area (Å²) in [6.45, 7) is 0. The molecule has 6 nitrogen and oxygen atoms in total. The maximum absolute atomic E-state index is 12.6. The van der Waals surface area contributed by atoms with Gasteiger partial charge in [0.1, 0.15) is 22.2 Å². The summed E-state index contributed by atoms with van der Waals surface area (Å²) in [6.07, 6.45) is 4.90. The number of ether oxygens (including phenoxy) is 1. The van der Waals surface area contributed by atoms with Gasteiger partial charge in [-0.3, -0.25) is 9.59 Å². The fourth-order valence-electron chi connectivity index (χ4n) is 4.01. The molecule has 4 aromatic rings. The molecule has 0 unspecified atom stereocenters. The molecular weight excluding hydrogens is 422 g/mol. The van der Waals surface area contributed by atoms with E-state index < -0.39 is 0 Å². The van der Waals surface area contributed by atoms with E-state index in [0.29, 0.717) is 23.7 Å². The quantitative estimate of drug-likeness (QED) is 0.426. The molecule has 0 atom stereocenters. The maximum atomic E-state index is 12.6. The van der Waals surface area contributed by atoms with E-state index in [4.69, 9.17) is 4.74 Å². The Bertz CT molecular complexity index is 1310. The van der Waals surface area contributed by atoms with Gasteiger partial charge in [0, 0.05) is 23.4 Å². The number of rotatable bonds is 6. The van der Waals surface area contributed by atoms with Gasteiger partial charge in [-0.2, -0.15) is 0 Å². The van der Waals surface area contributed by atoms with Gasteiger partial charge in [0.15, 0.2) is 0 Å². The third kappa shape index (κ3) is 4.43. The molecule has 0 saturated carbocycles. The van der Waals surface area contributed by atoms with Crippen molar-refractivity contribution in [2.75, 3.05) is 5.32 Å². The molecule has 1 amide bonds. The van der Waals surface area contributed by atoms with Crippen molar-refractivity contribution in [1.29, 1.82) is 0 Å². The van der Waals surface area contributed by atoms with Crippen LogP contribution in [0.4, 0.5) is 5.69 Å². The number of hydrogen-bond donors (Lipinski definition) is 2. The highest BCUT2D eigenvalue weighted by atomic mass is 32.1. The molecule has 5 rings (SSSR count). The number of thiophene rings is 1. The van der Waals surface area contributed by atoms with Gasteiger partial charge in [0.25, 0.3) is 5.56 Å². The highest BCUT2D eigenvalue weighted by Crippen LogP contribution is 2.33. The van der Waals surface area contributed by atoms with Crippen molar-refractivity contribution >= 4 is 33.1 Å². The molecule has 32 heavy (non-hydrogen) atoms. The molecule has 0 bridgehead atoms. The number of amides is 1. The molecule has 0 radical (unpaired) electrons. The zero-order valence-electron chi connectivity index (χ0n) is 17.5. The highest BCUT2D eigenvalue weighted by Gasteiger charge is 2.19. The first kappa shape index (κ1) is 20.5. The summed E-state index contributed by atoms with van der Waals surface area (Å²) in [5, 5.41) is 3.63. The number of benzene rings is 2. The first-order valence-corrected chi connectivity index (χ1v) is 11.6.